The first-order valence-electron chi connectivity index (χ1n) is 8.64. The summed E-state index contributed by atoms with van der Waals surface area (Å²) in [6.45, 7) is 0.917. The van der Waals surface area contributed by atoms with E-state index in [0.29, 0.717) is 28.1 Å². The quantitative estimate of drug-likeness (QED) is 0.776. The molecule has 1 amide bonds. The molecule has 0 radical (unpaired) electrons. The molecule has 0 spiro atoms. The van der Waals surface area contributed by atoms with Crippen molar-refractivity contribution in [1.29, 1.82) is 0 Å². The molecule has 0 aromatic carbocycles. The van der Waals surface area contributed by atoms with Gasteiger partial charge in [-0.25, -0.2) is 4.98 Å². The van der Waals surface area contributed by atoms with Gasteiger partial charge in [0, 0.05) is 19.1 Å². The van der Waals surface area contributed by atoms with Crippen LogP contribution in [-0.4, -0.2) is 50.6 Å². The highest BCUT2D eigenvalue weighted by molar-refractivity contribution is 7.22. The molecule has 138 valence electrons. The second kappa shape index (κ2) is 6.67. The van der Waals surface area contributed by atoms with Crippen LogP contribution in [0.3, 0.4) is 0 Å². The van der Waals surface area contributed by atoms with Crippen molar-refractivity contribution in [1.82, 2.24) is 19.9 Å². The van der Waals surface area contributed by atoms with E-state index in [1.54, 1.807) is 0 Å². The van der Waals surface area contributed by atoms with Gasteiger partial charge in [-0.1, -0.05) is 11.3 Å². The van der Waals surface area contributed by atoms with Crippen LogP contribution >= 0.6 is 11.3 Å². The van der Waals surface area contributed by atoms with E-state index in [0.717, 1.165) is 36.8 Å². The molecule has 1 unspecified atom stereocenters. The van der Waals surface area contributed by atoms with E-state index < -0.39 is 18.1 Å². The van der Waals surface area contributed by atoms with Gasteiger partial charge >= 0.3 is 5.97 Å². The highest BCUT2D eigenvalue weighted by Gasteiger charge is 2.31. The summed E-state index contributed by atoms with van der Waals surface area (Å²) in [6.07, 6.45) is 5.08. The van der Waals surface area contributed by atoms with Crippen LogP contribution in [-0.2, 0) is 16.1 Å². The van der Waals surface area contributed by atoms with Crippen molar-refractivity contribution >= 4 is 38.7 Å². The second-order valence-electron chi connectivity index (χ2n) is 6.79. The summed E-state index contributed by atoms with van der Waals surface area (Å²) < 4.78 is 1.41. The van der Waals surface area contributed by atoms with Gasteiger partial charge in [0.1, 0.15) is 17.6 Å². The molecule has 4 rings (SSSR count). The third-order valence-electron chi connectivity index (χ3n) is 4.66. The number of thiazole rings is 1. The number of fused-ring (bicyclic) bond motifs is 1. The Labute approximate surface area is 152 Å². The van der Waals surface area contributed by atoms with Crippen LogP contribution in [0.25, 0.3) is 10.3 Å². The van der Waals surface area contributed by atoms with Gasteiger partial charge in [0.25, 0.3) is 5.56 Å². The van der Waals surface area contributed by atoms with Crippen molar-refractivity contribution in [3.63, 3.8) is 0 Å². The molecule has 2 fully saturated rings. The number of anilines is 1. The van der Waals surface area contributed by atoms with Crippen LogP contribution < -0.4 is 15.8 Å². The van der Waals surface area contributed by atoms with Crippen LogP contribution in [0.15, 0.2) is 11.1 Å². The maximum absolute atomic E-state index is 12.4. The predicted octanol–water partition coefficient (Wildman–Crippen LogP) is 0.433. The average molecular weight is 377 g/mol. The Balaban J connectivity index is 1.55. The predicted molar refractivity (Wildman–Crippen MR) is 95.4 cm³/mol. The van der Waals surface area contributed by atoms with Gasteiger partial charge in [-0.05, 0) is 25.7 Å². The van der Waals surface area contributed by atoms with E-state index in [2.05, 4.69) is 15.3 Å². The zero-order valence-electron chi connectivity index (χ0n) is 14.1. The minimum Gasteiger partial charge on any atom is -0.480 e. The van der Waals surface area contributed by atoms with Gasteiger partial charge in [-0.15, -0.1) is 0 Å². The Morgan fingerprint density at radius 3 is 2.88 bits per heavy atom. The molecule has 2 N–H and O–H groups in total. The standard InChI is InChI=1S/C16H19N5O4S/c22-11(23)7-21-8-17-13-12(15(21)25)26-16(19-13)20-5-1-2-9(6-20)14(24)18-10-3-4-10/h8-10H,1-7H2,(H,18,24)(H,22,23). The van der Waals surface area contributed by atoms with Gasteiger partial charge in [0.2, 0.25) is 5.91 Å². The summed E-state index contributed by atoms with van der Waals surface area (Å²) >= 11 is 1.21. The molecule has 1 aliphatic carbocycles. The topological polar surface area (TPSA) is 117 Å². The minimum atomic E-state index is -1.10. The second-order valence-corrected chi connectivity index (χ2v) is 7.77. The zero-order valence-corrected chi connectivity index (χ0v) is 14.9. The summed E-state index contributed by atoms with van der Waals surface area (Å²) in [4.78, 5) is 46.1. The number of aromatic nitrogens is 3. The lowest BCUT2D eigenvalue weighted by atomic mass is 9.97. The Morgan fingerprint density at radius 1 is 1.35 bits per heavy atom. The average Bonchev–Trinajstić information content (AvgIpc) is 3.32. The fourth-order valence-electron chi connectivity index (χ4n) is 3.14. The highest BCUT2D eigenvalue weighted by atomic mass is 32.1. The molecule has 2 aromatic rings. The van der Waals surface area contributed by atoms with Gasteiger partial charge in [-0.2, -0.15) is 4.98 Å². The van der Waals surface area contributed by atoms with E-state index in [1.807, 2.05) is 4.90 Å². The summed E-state index contributed by atoms with van der Waals surface area (Å²) in [5.74, 6) is -1.08. The number of carboxylic acids is 1. The number of piperidine rings is 1. The Morgan fingerprint density at radius 2 is 2.15 bits per heavy atom. The van der Waals surface area contributed by atoms with Crippen LogP contribution in [0.1, 0.15) is 25.7 Å². The highest BCUT2D eigenvalue weighted by Crippen LogP contribution is 2.30. The smallest absolute Gasteiger partial charge is 0.323 e. The lowest BCUT2D eigenvalue weighted by Gasteiger charge is -2.31. The number of hydrogen-bond donors (Lipinski definition) is 2. The van der Waals surface area contributed by atoms with E-state index in [1.165, 1.54) is 17.7 Å². The number of carboxylic acid groups (broad SMARTS) is 1. The molecule has 3 heterocycles. The third-order valence-corrected chi connectivity index (χ3v) is 5.76. The van der Waals surface area contributed by atoms with Gasteiger partial charge in [0.05, 0.1) is 5.92 Å². The molecular weight excluding hydrogens is 358 g/mol. The maximum atomic E-state index is 12.4. The Hall–Kier alpha value is -2.49. The summed E-state index contributed by atoms with van der Waals surface area (Å²) in [5, 5.41) is 12.6. The van der Waals surface area contributed by atoms with Crippen LogP contribution in [0.2, 0.25) is 0 Å². The van der Waals surface area contributed by atoms with Crippen molar-refractivity contribution in [2.75, 3.05) is 18.0 Å². The number of amides is 1. The molecule has 1 aliphatic heterocycles. The number of hydrogen-bond acceptors (Lipinski definition) is 7. The van der Waals surface area contributed by atoms with Gasteiger partial charge < -0.3 is 15.3 Å². The molecule has 1 saturated heterocycles. The van der Waals surface area contributed by atoms with Crippen LogP contribution in [0, 0.1) is 5.92 Å². The van der Waals surface area contributed by atoms with E-state index in [9.17, 15) is 14.4 Å². The van der Waals surface area contributed by atoms with Crippen molar-refractivity contribution in [2.45, 2.75) is 38.3 Å². The first-order chi connectivity index (χ1) is 12.5. The zero-order chi connectivity index (χ0) is 18.3. The first-order valence-corrected chi connectivity index (χ1v) is 9.46. The number of aliphatic carboxylic acids is 1. The largest absolute Gasteiger partial charge is 0.480 e. The molecule has 10 heteroatoms. The SMILES string of the molecule is O=C(O)Cn1cnc2nc(N3CCCC(C(=O)NC4CC4)C3)sc2c1=O. The molecular formula is C16H19N5O4S. The van der Waals surface area contributed by atoms with Gasteiger partial charge in [-0.3, -0.25) is 19.0 Å². The third kappa shape index (κ3) is 3.41. The van der Waals surface area contributed by atoms with Crippen molar-refractivity contribution < 1.29 is 14.7 Å². The van der Waals surface area contributed by atoms with Crippen LogP contribution in [0.5, 0.6) is 0 Å². The van der Waals surface area contributed by atoms with Crippen molar-refractivity contribution in [3.8, 4) is 0 Å². The molecule has 1 atom stereocenters. The number of nitrogens with one attached hydrogen (secondary N) is 1. The number of nitrogens with zero attached hydrogens (tertiary/aromatic N) is 4. The Bertz CT molecular complexity index is 919. The molecule has 2 aromatic heterocycles. The summed E-state index contributed by atoms with van der Waals surface area (Å²) in [7, 11) is 0. The number of carbonyl (C=O) groups excluding carboxylic acids is 1. The van der Waals surface area contributed by atoms with E-state index in [4.69, 9.17) is 5.11 Å². The lowest BCUT2D eigenvalue weighted by Crippen LogP contribution is -2.43. The number of rotatable bonds is 5. The molecule has 2 aliphatic rings. The molecule has 26 heavy (non-hydrogen) atoms. The fraction of sp³-hybridized carbons (Fsp3) is 0.562. The molecule has 9 nitrogen and oxygen atoms in total. The Kier molecular flexibility index (Phi) is 4.35. The van der Waals surface area contributed by atoms with E-state index >= 15 is 0 Å². The summed E-state index contributed by atoms with van der Waals surface area (Å²) in [5.41, 5.74) is -0.0811. The maximum Gasteiger partial charge on any atom is 0.323 e. The minimum absolute atomic E-state index is 0.0759. The first kappa shape index (κ1) is 17.0. The van der Waals surface area contributed by atoms with Crippen molar-refractivity contribution in [2.24, 2.45) is 5.92 Å². The lowest BCUT2D eigenvalue weighted by molar-refractivity contribution is -0.137. The molecule has 0 bridgehead atoms. The van der Waals surface area contributed by atoms with E-state index in [-0.39, 0.29) is 11.8 Å². The monoisotopic (exact) mass is 377 g/mol. The summed E-state index contributed by atoms with van der Waals surface area (Å²) in [6, 6.07) is 0.345. The number of carbonyl (C=O) groups is 2. The molecule has 1 saturated carbocycles. The fourth-order valence-corrected chi connectivity index (χ4v) is 4.14. The van der Waals surface area contributed by atoms with Crippen molar-refractivity contribution in [3.05, 3.63) is 16.7 Å². The normalized spacial score (nSPS) is 20.3. The van der Waals surface area contributed by atoms with Gasteiger partial charge in [0.15, 0.2) is 10.8 Å². The van der Waals surface area contributed by atoms with Crippen LogP contribution in [0.4, 0.5) is 5.13 Å².